The van der Waals surface area contributed by atoms with Crippen LogP contribution in [0.15, 0.2) is 48.8 Å². The first kappa shape index (κ1) is 25.3. The lowest BCUT2D eigenvalue weighted by molar-refractivity contribution is 0.102. The predicted molar refractivity (Wildman–Crippen MR) is 133 cm³/mol. The molecular weight excluding hydrogens is 472 g/mol. The number of nitrogens with zero attached hydrogens (tertiary/aromatic N) is 2. The summed E-state index contributed by atoms with van der Waals surface area (Å²) in [4.78, 5) is 21.1. The summed E-state index contributed by atoms with van der Waals surface area (Å²) in [5, 5.41) is 2.80. The summed E-state index contributed by atoms with van der Waals surface area (Å²) in [6, 6.07) is 7.29. The van der Waals surface area contributed by atoms with E-state index in [-0.39, 0.29) is 25.6 Å². The van der Waals surface area contributed by atoms with Crippen molar-refractivity contribution in [3.63, 3.8) is 0 Å². The van der Waals surface area contributed by atoms with Crippen LogP contribution in [0, 0.1) is 23.4 Å². The van der Waals surface area contributed by atoms with Gasteiger partial charge in [0.25, 0.3) is 5.91 Å². The van der Waals surface area contributed by atoms with Crippen LogP contribution in [0.25, 0.3) is 11.3 Å². The van der Waals surface area contributed by atoms with Gasteiger partial charge in [0, 0.05) is 12.2 Å². The molecule has 2 heterocycles. The molecule has 9 heteroatoms. The first-order valence-corrected chi connectivity index (χ1v) is 13.8. The average Bonchev–Trinajstić information content (AvgIpc) is 2.79. The van der Waals surface area contributed by atoms with E-state index in [1.165, 1.54) is 12.1 Å². The summed E-state index contributed by atoms with van der Waals surface area (Å²) in [6.07, 6.45) is 4.98. The van der Waals surface area contributed by atoms with Gasteiger partial charge in [0.15, 0.2) is 0 Å². The molecule has 1 fully saturated rings. The molecule has 0 spiro atoms. The molecule has 0 saturated heterocycles. The molecule has 3 aromatic rings. The minimum absolute atomic E-state index is 0.0681. The topological polar surface area (TPSA) is 80.9 Å². The monoisotopic (exact) mass is 500 g/mol. The van der Waals surface area contributed by atoms with Crippen molar-refractivity contribution in [2.24, 2.45) is 11.7 Å². The summed E-state index contributed by atoms with van der Waals surface area (Å²) < 4.78 is 42.9. The molecule has 0 aliphatic heterocycles. The minimum atomic E-state index is -0.965. The highest BCUT2D eigenvalue weighted by molar-refractivity contribution is 7.56. The molecule has 1 saturated carbocycles. The van der Waals surface area contributed by atoms with E-state index in [0.29, 0.717) is 17.3 Å². The van der Waals surface area contributed by atoms with Gasteiger partial charge in [-0.3, -0.25) is 9.78 Å². The summed E-state index contributed by atoms with van der Waals surface area (Å²) in [7, 11) is -0.167. The zero-order chi connectivity index (χ0) is 25.3. The molecule has 1 amide bonds. The molecule has 184 valence electrons. The second-order valence-electron chi connectivity index (χ2n) is 9.30. The standard InChI is InChI=1S/C26H28F3N4OP/c1-14-11-15(12-20(30)25(14)35(2)3)16-9-10-31-13-22(16)33-26(34)21-8-7-19(29)24(32-21)23-17(27)5-4-6-18(23)28/h4-10,13-15,20,25H,11-12,30H2,1-3H3,(H,33,34)/t14-,15+,20+,25-/m0/s1. The van der Waals surface area contributed by atoms with Gasteiger partial charge in [-0.2, -0.15) is 0 Å². The van der Waals surface area contributed by atoms with E-state index in [1.807, 2.05) is 6.07 Å². The van der Waals surface area contributed by atoms with Crippen LogP contribution in [0.5, 0.6) is 0 Å². The Balaban J connectivity index is 1.61. The van der Waals surface area contributed by atoms with Crippen molar-refractivity contribution in [1.29, 1.82) is 0 Å². The summed E-state index contributed by atoms with van der Waals surface area (Å²) in [5.41, 5.74) is 7.13. The van der Waals surface area contributed by atoms with E-state index in [0.717, 1.165) is 36.6 Å². The molecule has 4 rings (SSSR count). The molecule has 1 aromatic carbocycles. The number of rotatable bonds is 5. The lowest BCUT2D eigenvalue weighted by Crippen LogP contribution is -2.43. The Morgan fingerprint density at radius 1 is 1.06 bits per heavy atom. The lowest BCUT2D eigenvalue weighted by Gasteiger charge is -2.41. The molecule has 1 aliphatic carbocycles. The van der Waals surface area contributed by atoms with Crippen LogP contribution >= 0.6 is 7.92 Å². The van der Waals surface area contributed by atoms with Crippen LogP contribution in [0.2, 0.25) is 0 Å². The first-order valence-electron chi connectivity index (χ1n) is 11.5. The number of amides is 1. The molecular formula is C26H28F3N4OP. The third-order valence-electron chi connectivity index (χ3n) is 6.65. The third kappa shape index (κ3) is 5.24. The Morgan fingerprint density at radius 3 is 2.43 bits per heavy atom. The zero-order valence-corrected chi connectivity index (χ0v) is 20.7. The number of nitrogens with two attached hydrogens (primary N) is 1. The van der Waals surface area contributed by atoms with Gasteiger partial charge in [0.05, 0.1) is 17.4 Å². The van der Waals surface area contributed by atoms with Crippen molar-refractivity contribution in [3.8, 4) is 11.3 Å². The van der Waals surface area contributed by atoms with Crippen LogP contribution in [0.1, 0.15) is 41.7 Å². The largest absolute Gasteiger partial charge is 0.327 e. The van der Waals surface area contributed by atoms with Crippen LogP contribution in [0.3, 0.4) is 0 Å². The lowest BCUT2D eigenvalue weighted by atomic mass is 9.76. The number of carbonyl (C=O) groups is 1. The van der Waals surface area contributed by atoms with Gasteiger partial charge in [-0.25, -0.2) is 18.2 Å². The van der Waals surface area contributed by atoms with Crippen molar-refractivity contribution in [1.82, 2.24) is 9.97 Å². The average molecular weight is 501 g/mol. The molecule has 0 unspecified atom stereocenters. The quantitative estimate of drug-likeness (QED) is 0.436. The van der Waals surface area contributed by atoms with Crippen molar-refractivity contribution in [2.45, 2.75) is 37.4 Å². The Kier molecular flexibility index (Phi) is 7.53. The van der Waals surface area contributed by atoms with E-state index in [4.69, 9.17) is 5.73 Å². The van der Waals surface area contributed by atoms with Crippen LogP contribution in [0.4, 0.5) is 18.9 Å². The number of halogens is 3. The molecule has 4 atom stereocenters. The highest BCUT2D eigenvalue weighted by Crippen LogP contribution is 2.48. The van der Waals surface area contributed by atoms with Crippen molar-refractivity contribution in [3.05, 3.63) is 77.5 Å². The van der Waals surface area contributed by atoms with Gasteiger partial charge in [0.1, 0.15) is 28.8 Å². The van der Waals surface area contributed by atoms with Gasteiger partial charge in [-0.1, -0.05) is 13.0 Å². The zero-order valence-electron chi connectivity index (χ0n) is 19.8. The van der Waals surface area contributed by atoms with E-state index >= 15 is 0 Å². The second-order valence-corrected chi connectivity index (χ2v) is 11.8. The maximum atomic E-state index is 14.4. The third-order valence-corrected chi connectivity index (χ3v) is 8.74. The number of pyridine rings is 2. The van der Waals surface area contributed by atoms with E-state index < -0.39 is 34.6 Å². The smallest absolute Gasteiger partial charge is 0.274 e. The minimum Gasteiger partial charge on any atom is -0.327 e. The molecule has 3 N–H and O–H groups in total. The van der Waals surface area contributed by atoms with Crippen LogP contribution in [-0.2, 0) is 0 Å². The van der Waals surface area contributed by atoms with Crippen molar-refractivity contribution in [2.75, 3.05) is 18.6 Å². The van der Waals surface area contributed by atoms with E-state index in [9.17, 15) is 18.0 Å². The Hall–Kier alpha value is -2.83. The highest BCUT2D eigenvalue weighted by atomic mass is 31.1. The molecule has 35 heavy (non-hydrogen) atoms. The first-order chi connectivity index (χ1) is 16.7. The maximum Gasteiger partial charge on any atom is 0.274 e. The highest BCUT2D eigenvalue weighted by Gasteiger charge is 2.36. The fourth-order valence-electron chi connectivity index (χ4n) is 5.24. The number of aromatic nitrogens is 2. The Morgan fingerprint density at radius 2 is 1.77 bits per heavy atom. The van der Waals surface area contributed by atoms with Crippen LogP contribution < -0.4 is 11.1 Å². The number of benzene rings is 1. The molecule has 0 radical (unpaired) electrons. The van der Waals surface area contributed by atoms with Gasteiger partial charge in [-0.15, -0.1) is 7.92 Å². The molecule has 0 bridgehead atoms. The second kappa shape index (κ2) is 10.4. The van der Waals surface area contributed by atoms with Crippen molar-refractivity contribution < 1.29 is 18.0 Å². The summed E-state index contributed by atoms with van der Waals surface area (Å²) >= 11 is 0. The number of anilines is 1. The fourth-order valence-corrected chi connectivity index (χ4v) is 7.27. The van der Waals surface area contributed by atoms with E-state index in [1.54, 1.807) is 12.4 Å². The molecule has 5 nitrogen and oxygen atoms in total. The number of nitrogens with one attached hydrogen (secondary N) is 1. The fraction of sp³-hybridized carbons (Fsp3) is 0.346. The van der Waals surface area contributed by atoms with Gasteiger partial charge in [-0.05, 0) is 79.6 Å². The number of carbonyl (C=O) groups excluding carboxylic acids is 1. The normalized spacial score (nSPS) is 22.3. The number of hydrogen-bond acceptors (Lipinski definition) is 4. The SMILES string of the molecule is C[C@H]1C[C@@H](c2ccncc2NC(=O)c2ccc(F)c(-c3c(F)cccc3F)n2)C[C@@H](N)[C@H]1P(C)C. The molecule has 1 aliphatic rings. The van der Waals surface area contributed by atoms with Gasteiger partial charge in [0.2, 0.25) is 0 Å². The maximum absolute atomic E-state index is 14.4. The summed E-state index contributed by atoms with van der Waals surface area (Å²) in [5.74, 6) is -2.90. The summed E-state index contributed by atoms with van der Waals surface area (Å²) in [6.45, 7) is 6.74. The van der Waals surface area contributed by atoms with Crippen LogP contribution in [-0.4, -0.2) is 40.9 Å². The van der Waals surface area contributed by atoms with Gasteiger partial charge < -0.3 is 11.1 Å². The predicted octanol–water partition coefficient (Wildman–Crippen LogP) is 5.76. The van der Waals surface area contributed by atoms with Crippen molar-refractivity contribution >= 4 is 19.5 Å². The van der Waals surface area contributed by atoms with E-state index in [2.05, 4.69) is 35.5 Å². The van der Waals surface area contributed by atoms with Gasteiger partial charge >= 0.3 is 0 Å². The number of hydrogen-bond donors (Lipinski definition) is 2. The Labute approximate surface area is 204 Å². The Bertz CT molecular complexity index is 1210. The molecule has 2 aromatic heterocycles.